The zero-order chi connectivity index (χ0) is 14.0. The molecule has 100 valence electrons. The van der Waals surface area contributed by atoms with Crippen LogP contribution in [0.25, 0.3) is 0 Å². The van der Waals surface area contributed by atoms with Crippen LogP contribution in [0, 0.1) is 5.82 Å². The number of halogens is 1. The van der Waals surface area contributed by atoms with Crippen LogP contribution in [0.4, 0.5) is 4.39 Å². The Balaban J connectivity index is 2.30. The Labute approximate surface area is 108 Å². The highest BCUT2D eigenvalue weighted by Crippen LogP contribution is 2.17. The zero-order valence-corrected chi connectivity index (χ0v) is 10.5. The summed E-state index contributed by atoms with van der Waals surface area (Å²) in [6.45, 7) is 3.03. The Morgan fingerprint density at radius 1 is 1.37 bits per heavy atom. The molecule has 0 radical (unpaired) electrons. The van der Waals surface area contributed by atoms with E-state index in [9.17, 15) is 14.3 Å². The molecule has 6 nitrogen and oxygen atoms in total. The number of carbonyl (C=O) groups is 1. The van der Waals surface area contributed by atoms with Crippen molar-refractivity contribution in [2.24, 2.45) is 0 Å². The van der Waals surface area contributed by atoms with Crippen LogP contribution in [-0.4, -0.2) is 31.3 Å². The predicted octanol–water partition coefficient (Wildman–Crippen LogP) is 1.22. The molecular weight excluding hydrogens is 251 g/mol. The van der Waals surface area contributed by atoms with Crippen molar-refractivity contribution >= 4 is 5.97 Å². The number of aromatic nitrogens is 4. The van der Waals surface area contributed by atoms with E-state index in [1.165, 1.54) is 30.7 Å². The lowest BCUT2D eigenvalue weighted by Gasteiger charge is -2.20. The first-order valence-corrected chi connectivity index (χ1v) is 5.67. The Kier molecular flexibility index (Phi) is 3.28. The van der Waals surface area contributed by atoms with E-state index in [2.05, 4.69) is 15.5 Å². The van der Waals surface area contributed by atoms with Crippen molar-refractivity contribution in [2.75, 3.05) is 0 Å². The van der Waals surface area contributed by atoms with Crippen molar-refractivity contribution in [3.63, 3.8) is 0 Å². The first-order chi connectivity index (χ1) is 8.91. The van der Waals surface area contributed by atoms with E-state index in [0.717, 1.165) is 5.56 Å². The third-order valence-electron chi connectivity index (χ3n) is 2.86. The molecule has 0 fully saturated rings. The van der Waals surface area contributed by atoms with E-state index < -0.39 is 11.5 Å². The lowest BCUT2D eigenvalue weighted by atomic mass is 10.1. The molecule has 2 aromatic rings. The molecule has 1 aromatic heterocycles. The van der Waals surface area contributed by atoms with Crippen LogP contribution in [0.2, 0.25) is 0 Å². The summed E-state index contributed by atoms with van der Waals surface area (Å²) in [5, 5.41) is 20.2. The van der Waals surface area contributed by atoms with Crippen LogP contribution in [0.15, 0.2) is 24.3 Å². The van der Waals surface area contributed by atoms with E-state index >= 15 is 0 Å². The summed E-state index contributed by atoms with van der Waals surface area (Å²) in [4.78, 5) is 11.2. The molecule has 0 aliphatic heterocycles. The molecule has 0 saturated carbocycles. The third kappa shape index (κ3) is 2.59. The fraction of sp³-hybridized carbons (Fsp3) is 0.333. The van der Waals surface area contributed by atoms with Crippen molar-refractivity contribution in [1.29, 1.82) is 0 Å². The largest absolute Gasteiger partial charge is 0.479 e. The number of carboxylic acids is 1. The van der Waals surface area contributed by atoms with Crippen molar-refractivity contribution in [3.05, 3.63) is 41.5 Å². The van der Waals surface area contributed by atoms with Gasteiger partial charge in [-0.3, -0.25) is 0 Å². The highest BCUT2D eigenvalue weighted by atomic mass is 19.1. The second-order valence-corrected chi connectivity index (χ2v) is 4.67. The molecule has 0 aliphatic rings. The Hall–Kier alpha value is -2.31. The summed E-state index contributed by atoms with van der Waals surface area (Å²) in [5.41, 5.74) is -0.433. The van der Waals surface area contributed by atoms with Gasteiger partial charge in [0.25, 0.3) is 0 Å². The highest BCUT2D eigenvalue weighted by Gasteiger charge is 2.33. The number of benzene rings is 1. The van der Waals surface area contributed by atoms with Gasteiger partial charge in [-0.1, -0.05) is 12.1 Å². The number of nitrogens with zero attached hydrogens (tertiary/aromatic N) is 4. The van der Waals surface area contributed by atoms with Crippen molar-refractivity contribution in [3.8, 4) is 0 Å². The van der Waals surface area contributed by atoms with Crippen LogP contribution in [0.1, 0.15) is 25.2 Å². The molecule has 1 aromatic carbocycles. The zero-order valence-electron chi connectivity index (χ0n) is 10.5. The predicted molar refractivity (Wildman–Crippen MR) is 64.0 cm³/mol. The van der Waals surface area contributed by atoms with Gasteiger partial charge in [-0.05, 0) is 42.0 Å². The summed E-state index contributed by atoms with van der Waals surface area (Å²) < 4.78 is 14.1. The standard InChI is InChI=1S/C12H13FN4O2/c1-12(2,11(18)19)17-10(14-15-16-17)7-8-3-5-9(13)6-4-8/h3-6H,7H2,1-2H3,(H,18,19). The summed E-state index contributed by atoms with van der Waals surface area (Å²) in [5.74, 6) is -0.937. The summed E-state index contributed by atoms with van der Waals surface area (Å²) in [6, 6.07) is 5.90. The molecule has 0 saturated heterocycles. The van der Waals surface area contributed by atoms with Gasteiger partial charge in [0.05, 0.1) is 0 Å². The van der Waals surface area contributed by atoms with Crippen LogP contribution < -0.4 is 0 Å². The topological polar surface area (TPSA) is 80.9 Å². The minimum atomic E-state index is -1.24. The van der Waals surface area contributed by atoms with Crippen molar-refractivity contribution < 1.29 is 14.3 Å². The molecule has 2 rings (SSSR count). The Morgan fingerprint density at radius 2 is 2.00 bits per heavy atom. The lowest BCUT2D eigenvalue weighted by molar-refractivity contribution is -0.146. The van der Waals surface area contributed by atoms with Crippen molar-refractivity contribution in [2.45, 2.75) is 25.8 Å². The van der Waals surface area contributed by atoms with Gasteiger partial charge in [-0.2, -0.15) is 0 Å². The van der Waals surface area contributed by atoms with E-state index in [4.69, 9.17) is 0 Å². The average molecular weight is 264 g/mol. The Bertz CT molecular complexity index is 592. The van der Waals surface area contributed by atoms with Crippen LogP contribution in [0.3, 0.4) is 0 Å². The van der Waals surface area contributed by atoms with Gasteiger partial charge in [0, 0.05) is 6.42 Å². The fourth-order valence-corrected chi connectivity index (χ4v) is 1.63. The molecule has 0 unspecified atom stereocenters. The maximum Gasteiger partial charge on any atom is 0.331 e. The van der Waals surface area contributed by atoms with Gasteiger partial charge in [0.2, 0.25) is 0 Å². The molecule has 19 heavy (non-hydrogen) atoms. The SMILES string of the molecule is CC(C)(C(=O)O)n1nnnc1Cc1ccc(F)cc1. The van der Waals surface area contributed by atoms with E-state index in [-0.39, 0.29) is 5.82 Å². The van der Waals surface area contributed by atoms with Gasteiger partial charge >= 0.3 is 5.97 Å². The number of hydrogen-bond donors (Lipinski definition) is 1. The Morgan fingerprint density at radius 3 is 2.58 bits per heavy atom. The molecule has 0 atom stereocenters. The maximum absolute atomic E-state index is 12.8. The monoisotopic (exact) mass is 264 g/mol. The highest BCUT2D eigenvalue weighted by molar-refractivity contribution is 5.75. The van der Waals surface area contributed by atoms with Crippen LogP contribution >= 0.6 is 0 Å². The summed E-state index contributed by atoms with van der Waals surface area (Å²) in [6.07, 6.45) is 0.337. The number of carboxylic acid groups (broad SMARTS) is 1. The van der Waals surface area contributed by atoms with Crippen molar-refractivity contribution in [1.82, 2.24) is 20.2 Å². The first kappa shape index (κ1) is 13.1. The van der Waals surface area contributed by atoms with Gasteiger partial charge in [-0.25, -0.2) is 13.9 Å². The van der Waals surface area contributed by atoms with Gasteiger partial charge in [-0.15, -0.1) is 5.10 Å². The smallest absolute Gasteiger partial charge is 0.331 e. The molecule has 0 amide bonds. The fourth-order valence-electron chi connectivity index (χ4n) is 1.63. The van der Waals surface area contributed by atoms with E-state index in [1.54, 1.807) is 12.1 Å². The van der Waals surface area contributed by atoms with E-state index in [0.29, 0.717) is 12.2 Å². The molecule has 0 spiro atoms. The second-order valence-electron chi connectivity index (χ2n) is 4.67. The average Bonchev–Trinajstić information content (AvgIpc) is 2.80. The minimum Gasteiger partial charge on any atom is -0.479 e. The van der Waals surface area contributed by atoms with Gasteiger partial charge < -0.3 is 5.11 Å². The molecule has 1 N–H and O–H groups in total. The minimum absolute atomic E-state index is 0.325. The maximum atomic E-state index is 12.8. The number of tetrazole rings is 1. The molecule has 0 bridgehead atoms. The van der Waals surface area contributed by atoms with Gasteiger partial charge in [0.1, 0.15) is 5.82 Å². The molecule has 1 heterocycles. The van der Waals surface area contributed by atoms with Crippen LogP contribution in [0.5, 0.6) is 0 Å². The molecular formula is C12H13FN4O2. The number of aliphatic carboxylic acids is 1. The number of rotatable bonds is 4. The quantitative estimate of drug-likeness (QED) is 0.898. The third-order valence-corrected chi connectivity index (χ3v) is 2.86. The van der Waals surface area contributed by atoms with E-state index in [1.807, 2.05) is 0 Å². The lowest BCUT2D eigenvalue weighted by Crippen LogP contribution is -2.38. The second kappa shape index (κ2) is 4.75. The first-order valence-electron chi connectivity index (χ1n) is 5.67. The molecule has 0 aliphatic carbocycles. The van der Waals surface area contributed by atoms with Gasteiger partial charge in [0.15, 0.2) is 11.4 Å². The summed E-state index contributed by atoms with van der Waals surface area (Å²) >= 11 is 0. The summed E-state index contributed by atoms with van der Waals surface area (Å²) in [7, 11) is 0. The molecule has 7 heteroatoms. The normalized spacial score (nSPS) is 11.5. The number of hydrogen-bond acceptors (Lipinski definition) is 4. The van der Waals surface area contributed by atoms with Crippen LogP contribution in [-0.2, 0) is 16.8 Å².